The first-order chi connectivity index (χ1) is 19.4. The zero-order valence-electron chi connectivity index (χ0n) is 27.8. The molecule has 7 rings (SSSR count). The molecule has 0 aliphatic heterocycles. The monoisotopic (exact) mass is 550 g/mol. The molecule has 0 bridgehead atoms. The molecule has 0 atom stereocenters. The number of hydrogen-bond acceptors (Lipinski definition) is 0. The summed E-state index contributed by atoms with van der Waals surface area (Å²) in [5.74, 6) is 0. The van der Waals surface area contributed by atoms with Crippen LogP contribution in [0, 0.1) is 0 Å². The van der Waals surface area contributed by atoms with Crippen molar-refractivity contribution in [2.45, 2.75) is 105 Å². The van der Waals surface area contributed by atoms with Crippen molar-refractivity contribution in [1.29, 1.82) is 0 Å². The first-order valence-electron chi connectivity index (χ1n) is 15.8. The molecule has 0 unspecified atom stereocenters. The normalized spacial score (nSPS) is 14.2. The van der Waals surface area contributed by atoms with E-state index in [0.29, 0.717) is 0 Å². The van der Waals surface area contributed by atoms with Crippen molar-refractivity contribution in [2.75, 3.05) is 0 Å². The van der Waals surface area contributed by atoms with Crippen molar-refractivity contribution in [2.24, 2.45) is 0 Å². The van der Waals surface area contributed by atoms with Gasteiger partial charge < -0.3 is 0 Å². The van der Waals surface area contributed by atoms with E-state index in [-0.39, 0.29) is 21.7 Å². The van der Waals surface area contributed by atoms with Gasteiger partial charge in [-0.25, -0.2) is 0 Å². The van der Waals surface area contributed by atoms with Crippen molar-refractivity contribution in [3.05, 3.63) is 82.9 Å². The zero-order chi connectivity index (χ0) is 30.3. The summed E-state index contributed by atoms with van der Waals surface area (Å²) < 4.78 is 0. The standard InChI is InChI=1S/C42H46/c1-39(2,3)29-21-22-30(40(4,5)6)34-26-18-20-28-32-27(19-17-25(31(26)32)33(29)34)35-36(28)38(42(10,11)12)24-16-14-13-15-23(24)37(35)41(7,8)9/h13-22H,1-12H3. The predicted molar refractivity (Wildman–Crippen MR) is 185 cm³/mol. The molecule has 5 aromatic carbocycles. The van der Waals surface area contributed by atoms with Crippen LogP contribution in [-0.4, -0.2) is 0 Å². The minimum absolute atomic E-state index is 0.00206. The Morgan fingerprint density at radius 3 is 0.929 bits per heavy atom. The van der Waals surface area contributed by atoms with Crippen molar-refractivity contribution < 1.29 is 0 Å². The van der Waals surface area contributed by atoms with Crippen LogP contribution in [0.2, 0.25) is 0 Å². The molecular weight excluding hydrogens is 504 g/mol. The van der Waals surface area contributed by atoms with Gasteiger partial charge in [-0.2, -0.15) is 0 Å². The Morgan fingerprint density at radius 2 is 0.643 bits per heavy atom. The van der Waals surface area contributed by atoms with Crippen molar-refractivity contribution in [1.82, 2.24) is 0 Å². The molecule has 214 valence electrons. The Morgan fingerprint density at radius 1 is 0.333 bits per heavy atom. The fourth-order valence-electron chi connectivity index (χ4n) is 8.28. The van der Waals surface area contributed by atoms with Crippen molar-refractivity contribution >= 4 is 21.5 Å². The van der Waals surface area contributed by atoms with Gasteiger partial charge in [0.1, 0.15) is 0 Å². The minimum Gasteiger partial charge on any atom is -0.0616 e. The van der Waals surface area contributed by atoms with Gasteiger partial charge in [-0.1, -0.05) is 144 Å². The number of hydrogen-bond donors (Lipinski definition) is 0. The first kappa shape index (κ1) is 27.5. The minimum atomic E-state index is -0.00206. The lowest BCUT2D eigenvalue weighted by Crippen LogP contribution is -2.19. The summed E-state index contributed by atoms with van der Waals surface area (Å²) in [6, 6.07) is 23.9. The molecule has 2 aliphatic carbocycles. The smallest absolute Gasteiger partial charge is 0.00137 e. The van der Waals surface area contributed by atoms with Gasteiger partial charge in [-0.05, 0) is 110 Å². The van der Waals surface area contributed by atoms with Gasteiger partial charge in [0.2, 0.25) is 0 Å². The Bertz CT molecular complexity index is 1840. The van der Waals surface area contributed by atoms with Gasteiger partial charge >= 0.3 is 0 Å². The molecule has 0 fully saturated rings. The zero-order valence-corrected chi connectivity index (χ0v) is 27.8. The number of benzene rings is 5. The third-order valence-corrected chi connectivity index (χ3v) is 9.78. The van der Waals surface area contributed by atoms with Crippen LogP contribution in [0.3, 0.4) is 0 Å². The van der Waals surface area contributed by atoms with E-state index in [2.05, 4.69) is 144 Å². The summed E-state index contributed by atoms with van der Waals surface area (Å²) in [5.41, 5.74) is 17.5. The maximum absolute atomic E-state index is 2.47. The lowest BCUT2D eigenvalue weighted by molar-refractivity contribution is 0.580. The Kier molecular flexibility index (Phi) is 5.33. The van der Waals surface area contributed by atoms with Crippen LogP contribution in [0.5, 0.6) is 0 Å². The fraction of sp³-hybridized carbons (Fsp3) is 0.381. The van der Waals surface area contributed by atoms with Gasteiger partial charge in [0.05, 0.1) is 0 Å². The summed E-state index contributed by atoms with van der Waals surface area (Å²) in [7, 11) is 0. The molecule has 0 aromatic heterocycles. The fourth-order valence-corrected chi connectivity index (χ4v) is 8.28. The third-order valence-electron chi connectivity index (χ3n) is 9.78. The summed E-state index contributed by atoms with van der Waals surface area (Å²) in [4.78, 5) is 0. The largest absolute Gasteiger partial charge is 0.0616 e. The molecular formula is C42H46. The highest BCUT2D eigenvalue weighted by Gasteiger charge is 2.40. The molecule has 0 nitrogen and oxygen atoms in total. The van der Waals surface area contributed by atoms with Crippen LogP contribution < -0.4 is 0 Å². The van der Waals surface area contributed by atoms with E-state index in [9.17, 15) is 0 Å². The molecule has 0 heteroatoms. The first-order valence-corrected chi connectivity index (χ1v) is 15.8. The lowest BCUT2D eigenvalue weighted by Gasteiger charge is -2.32. The maximum Gasteiger partial charge on any atom is -0.00137 e. The van der Waals surface area contributed by atoms with E-state index in [1.165, 1.54) is 88.3 Å². The second kappa shape index (κ2) is 8.16. The number of rotatable bonds is 0. The van der Waals surface area contributed by atoms with E-state index < -0.39 is 0 Å². The van der Waals surface area contributed by atoms with E-state index in [1.807, 2.05) is 0 Å². The Labute approximate surface area is 253 Å². The average Bonchev–Trinajstić information content (AvgIpc) is 3.36. The van der Waals surface area contributed by atoms with Crippen molar-refractivity contribution in [3.63, 3.8) is 0 Å². The third kappa shape index (κ3) is 3.54. The molecule has 0 amide bonds. The molecule has 0 saturated carbocycles. The van der Waals surface area contributed by atoms with E-state index in [4.69, 9.17) is 0 Å². The van der Waals surface area contributed by atoms with Crippen LogP contribution in [-0.2, 0) is 21.7 Å². The molecule has 0 spiro atoms. The molecule has 42 heavy (non-hydrogen) atoms. The molecule has 0 N–H and O–H groups in total. The summed E-state index contributed by atoms with van der Waals surface area (Å²) in [6.07, 6.45) is 0. The quantitative estimate of drug-likeness (QED) is 0.176. The second-order valence-electron chi connectivity index (χ2n) is 17.0. The van der Waals surface area contributed by atoms with Crippen LogP contribution in [0.15, 0.2) is 60.7 Å². The summed E-state index contributed by atoms with van der Waals surface area (Å²) >= 11 is 0. The van der Waals surface area contributed by atoms with Gasteiger partial charge in [0.25, 0.3) is 0 Å². The molecule has 0 heterocycles. The van der Waals surface area contributed by atoms with E-state index >= 15 is 0 Å². The molecule has 0 radical (unpaired) electrons. The SMILES string of the molecule is CC(C)(C)c1ccc(C(C)(C)C)c2c1-c1ccc3c4c(ccc-2c14)-c1c-3c(C(C)(C)C)c2ccccc2c1C(C)(C)C. The molecule has 2 aliphatic rings. The van der Waals surface area contributed by atoms with E-state index in [0.717, 1.165) is 0 Å². The van der Waals surface area contributed by atoms with Crippen molar-refractivity contribution in [3.8, 4) is 44.5 Å². The molecule has 5 aromatic rings. The average molecular weight is 551 g/mol. The lowest BCUT2D eigenvalue weighted by atomic mass is 9.72. The van der Waals surface area contributed by atoms with Crippen LogP contribution in [0.1, 0.15) is 105 Å². The van der Waals surface area contributed by atoms with Crippen LogP contribution in [0.25, 0.3) is 66.1 Å². The van der Waals surface area contributed by atoms with E-state index in [1.54, 1.807) is 0 Å². The van der Waals surface area contributed by atoms with Crippen LogP contribution in [0.4, 0.5) is 0 Å². The van der Waals surface area contributed by atoms with Gasteiger partial charge in [0.15, 0.2) is 0 Å². The van der Waals surface area contributed by atoms with Crippen LogP contribution >= 0.6 is 0 Å². The Balaban J connectivity index is 1.71. The van der Waals surface area contributed by atoms with Gasteiger partial charge in [-0.3, -0.25) is 0 Å². The summed E-state index contributed by atoms with van der Waals surface area (Å²) in [5, 5.41) is 5.73. The second-order valence-corrected chi connectivity index (χ2v) is 17.0. The molecule has 0 saturated heterocycles. The van der Waals surface area contributed by atoms with Gasteiger partial charge in [0, 0.05) is 0 Å². The topological polar surface area (TPSA) is 0 Å². The highest BCUT2D eigenvalue weighted by molar-refractivity contribution is 6.29. The highest BCUT2D eigenvalue weighted by atomic mass is 14.4. The Hall–Kier alpha value is -3.38. The van der Waals surface area contributed by atoms with Gasteiger partial charge in [-0.15, -0.1) is 0 Å². The highest BCUT2D eigenvalue weighted by Crippen LogP contribution is 2.62. The number of fused-ring (bicyclic) bond motifs is 7. The summed E-state index contributed by atoms with van der Waals surface area (Å²) in [6.45, 7) is 28.6. The predicted octanol–water partition coefficient (Wildman–Crippen LogP) is 12.5. The maximum atomic E-state index is 2.47.